The molecule has 1 aromatic heterocycles. The number of ether oxygens (including phenoxy) is 1. The summed E-state index contributed by atoms with van der Waals surface area (Å²) in [7, 11) is 1.47. The van der Waals surface area contributed by atoms with Gasteiger partial charge in [-0.3, -0.25) is 9.59 Å². The number of anilines is 1. The van der Waals surface area contributed by atoms with Crippen LogP contribution < -0.4 is 15.4 Å². The number of amides is 1. The fourth-order valence-corrected chi connectivity index (χ4v) is 4.47. The van der Waals surface area contributed by atoms with Crippen LogP contribution in [0.1, 0.15) is 43.7 Å². The Balaban J connectivity index is 1.81. The third-order valence-electron chi connectivity index (χ3n) is 5.97. The number of aromatic hydroxyl groups is 1. The molecule has 3 N–H and O–H groups in total. The van der Waals surface area contributed by atoms with E-state index >= 15 is 0 Å². The number of allylic oxidation sites excluding steroid dienone is 3. The number of nitrogens with one attached hydrogen (secondary N) is 2. The normalized spacial score (nSPS) is 20.6. The number of hydrogen-bond donors (Lipinski definition) is 3. The molecule has 2 heterocycles. The van der Waals surface area contributed by atoms with Crippen molar-refractivity contribution < 1.29 is 19.4 Å². The number of phenols is 1. The molecule has 0 spiro atoms. The van der Waals surface area contributed by atoms with Crippen molar-refractivity contribution in [2.24, 2.45) is 5.92 Å². The van der Waals surface area contributed by atoms with E-state index < -0.39 is 5.92 Å². The molecule has 32 heavy (non-hydrogen) atoms. The number of phenolic OH excluding ortho intramolecular Hbond substituents is 1. The van der Waals surface area contributed by atoms with Crippen LogP contribution in [0.25, 0.3) is 0 Å². The lowest BCUT2D eigenvalue weighted by molar-refractivity contribution is -0.117. The summed E-state index contributed by atoms with van der Waals surface area (Å²) < 4.78 is 5.29. The third-order valence-corrected chi connectivity index (χ3v) is 5.97. The first-order valence-corrected chi connectivity index (χ1v) is 10.6. The number of aromatic nitrogens is 1. The monoisotopic (exact) mass is 433 g/mol. The van der Waals surface area contributed by atoms with E-state index in [1.54, 1.807) is 24.4 Å². The number of methoxy groups -OCH3 is 1. The van der Waals surface area contributed by atoms with Crippen LogP contribution in [0.3, 0.4) is 0 Å². The fraction of sp³-hybridized carbons (Fsp3) is 0.320. The lowest BCUT2D eigenvalue weighted by Gasteiger charge is -2.36. The number of pyridine rings is 1. The van der Waals surface area contributed by atoms with Crippen molar-refractivity contribution >= 4 is 17.5 Å². The van der Waals surface area contributed by atoms with Gasteiger partial charge in [0.15, 0.2) is 17.3 Å². The lowest BCUT2D eigenvalue weighted by Crippen LogP contribution is -2.37. The van der Waals surface area contributed by atoms with Gasteiger partial charge in [-0.25, -0.2) is 4.98 Å². The number of carbonyl (C=O) groups is 2. The van der Waals surface area contributed by atoms with Crippen LogP contribution in [0.5, 0.6) is 11.5 Å². The van der Waals surface area contributed by atoms with Crippen LogP contribution >= 0.6 is 0 Å². The number of nitrogens with zero attached hydrogens (tertiary/aromatic N) is 1. The molecule has 0 radical (unpaired) electrons. The average molecular weight is 434 g/mol. The van der Waals surface area contributed by atoms with Gasteiger partial charge >= 0.3 is 0 Å². The fourth-order valence-electron chi connectivity index (χ4n) is 4.47. The van der Waals surface area contributed by atoms with Gasteiger partial charge in [-0.1, -0.05) is 19.1 Å². The molecule has 0 unspecified atom stereocenters. The summed E-state index contributed by atoms with van der Waals surface area (Å²) in [5, 5.41) is 16.3. The highest BCUT2D eigenvalue weighted by atomic mass is 16.5. The zero-order valence-electron chi connectivity index (χ0n) is 18.7. The third kappa shape index (κ3) is 3.98. The minimum absolute atomic E-state index is 0.00135. The molecule has 0 saturated carbocycles. The first-order chi connectivity index (χ1) is 15.3. The Morgan fingerprint density at radius 3 is 2.69 bits per heavy atom. The van der Waals surface area contributed by atoms with Crippen LogP contribution in [-0.2, 0) is 9.59 Å². The average Bonchev–Trinajstić information content (AvgIpc) is 2.74. The quantitative estimate of drug-likeness (QED) is 0.675. The topological polar surface area (TPSA) is 101 Å². The van der Waals surface area contributed by atoms with Gasteiger partial charge < -0.3 is 20.5 Å². The van der Waals surface area contributed by atoms with Gasteiger partial charge in [-0.2, -0.15) is 0 Å². The molecule has 1 amide bonds. The predicted molar refractivity (Wildman–Crippen MR) is 121 cm³/mol. The number of benzene rings is 1. The summed E-state index contributed by atoms with van der Waals surface area (Å²) in [5.41, 5.74) is 4.28. The smallest absolute Gasteiger partial charge is 0.255 e. The Kier molecular flexibility index (Phi) is 5.74. The molecule has 1 aliphatic carbocycles. The van der Waals surface area contributed by atoms with Crippen molar-refractivity contribution in [1.29, 1.82) is 0 Å². The molecule has 1 aliphatic heterocycles. The molecule has 0 fully saturated rings. The molecule has 2 atom stereocenters. The highest BCUT2D eigenvalue weighted by Crippen LogP contribution is 2.45. The zero-order valence-corrected chi connectivity index (χ0v) is 18.7. The van der Waals surface area contributed by atoms with Gasteiger partial charge in [0.2, 0.25) is 0 Å². The zero-order chi connectivity index (χ0) is 23.0. The molecule has 2 aromatic rings. The summed E-state index contributed by atoms with van der Waals surface area (Å²) in [6.07, 6.45) is 2.85. The highest BCUT2D eigenvalue weighted by molar-refractivity contribution is 6.09. The largest absolute Gasteiger partial charge is 0.504 e. The van der Waals surface area contributed by atoms with E-state index in [2.05, 4.69) is 15.6 Å². The second-order valence-electron chi connectivity index (χ2n) is 8.53. The Labute approximate surface area is 187 Å². The number of dihydropyridines is 1. The molecule has 166 valence electrons. The van der Waals surface area contributed by atoms with E-state index in [4.69, 9.17) is 4.74 Å². The maximum absolute atomic E-state index is 13.4. The van der Waals surface area contributed by atoms with Crippen molar-refractivity contribution in [3.63, 3.8) is 0 Å². The predicted octanol–water partition coefficient (Wildman–Crippen LogP) is 3.96. The number of ketones is 1. The van der Waals surface area contributed by atoms with Crippen molar-refractivity contribution in [3.8, 4) is 11.5 Å². The molecule has 7 heteroatoms. The molecule has 2 aliphatic rings. The molecular weight excluding hydrogens is 406 g/mol. The Bertz CT molecular complexity index is 1150. The van der Waals surface area contributed by atoms with E-state index in [1.807, 2.05) is 26.8 Å². The van der Waals surface area contributed by atoms with E-state index in [1.165, 1.54) is 13.2 Å². The van der Waals surface area contributed by atoms with Gasteiger partial charge in [0.1, 0.15) is 5.82 Å². The van der Waals surface area contributed by atoms with Crippen LogP contribution in [-0.4, -0.2) is 28.9 Å². The molecule has 4 rings (SSSR count). The lowest BCUT2D eigenvalue weighted by atomic mass is 9.73. The first-order valence-electron chi connectivity index (χ1n) is 10.6. The van der Waals surface area contributed by atoms with Crippen molar-refractivity contribution in [2.75, 3.05) is 12.4 Å². The maximum Gasteiger partial charge on any atom is 0.255 e. The van der Waals surface area contributed by atoms with Gasteiger partial charge in [0, 0.05) is 41.1 Å². The summed E-state index contributed by atoms with van der Waals surface area (Å²) in [4.78, 5) is 30.9. The summed E-state index contributed by atoms with van der Waals surface area (Å²) in [5.74, 6) is 0.0630. The number of aryl methyl sites for hydroxylation is 1. The highest BCUT2D eigenvalue weighted by Gasteiger charge is 2.40. The van der Waals surface area contributed by atoms with Gasteiger partial charge in [0.05, 0.1) is 7.11 Å². The number of carbonyl (C=O) groups excluding carboxylic acids is 2. The van der Waals surface area contributed by atoms with Crippen LogP contribution in [0.15, 0.2) is 59.1 Å². The van der Waals surface area contributed by atoms with Crippen molar-refractivity contribution in [1.82, 2.24) is 10.3 Å². The minimum Gasteiger partial charge on any atom is -0.504 e. The van der Waals surface area contributed by atoms with Crippen LogP contribution in [0.4, 0.5) is 5.82 Å². The Morgan fingerprint density at radius 2 is 2.00 bits per heavy atom. The Hall–Kier alpha value is -3.61. The van der Waals surface area contributed by atoms with E-state index in [9.17, 15) is 14.7 Å². The van der Waals surface area contributed by atoms with Gasteiger partial charge in [0.25, 0.3) is 5.91 Å². The molecule has 0 saturated heterocycles. The SMILES string of the molecule is COc1cc([C@H]2C(C(=O)Nc3ccc(C)cn3)=C(C)NC3=C2C(=O)C[C@H](C)C3)ccc1O. The number of rotatable bonds is 4. The van der Waals surface area contributed by atoms with Gasteiger partial charge in [-0.15, -0.1) is 0 Å². The van der Waals surface area contributed by atoms with E-state index in [0.29, 0.717) is 34.6 Å². The van der Waals surface area contributed by atoms with Crippen molar-refractivity contribution in [3.05, 3.63) is 70.2 Å². The van der Waals surface area contributed by atoms with E-state index in [0.717, 1.165) is 17.7 Å². The Morgan fingerprint density at radius 1 is 1.22 bits per heavy atom. The molecule has 0 bridgehead atoms. The summed E-state index contributed by atoms with van der Waals surface area (Å²) in [6.45, 7) is 5.82. The van der Waals surface area contributed by atoms with Gasteiger partial charge in [-0.05, 0) is 55.5 Å². The first kappa shape index (κ1) is 21.6. The van der Waals surface area contributed by atoms with Crippen LogP contribution in [0.2, 0.25) is 0 Å². The number of hydrogen-bond acceptors (Lipinski definition) is 6. The standard InChI is InChI=1S/C25H27N3O4/c1-13-5-8-21(26-12-13)28-25(31)22-15(3)27-17-9-14(2)10-19(30)24(17)23(22)16-6-7-18(29)20(11-16)32-4/h5-8,11-12,14,23,27,29H,9-10H2,1-4H3,(H,26,28,31)/t14-,23+/m1/s1. The van der Waals surface area contributed by atoms with E-state index in [-0.39, 0.29) is 29.1 Å². The minimum atomic E-state index is -0.578. The second-order valence-corrected chi connectivity index (χ2v) is 8.53. The second kappa shape index (κ2) is 8.49. The molecule has 1 aromatic carbocycles. The molecule has 7 nitrogen and oxygen atoms in total. The van der Waals surface area contributed by atoms with Crippen molar-refractivity contribution in [2.45, 2.75) is 39.5 Å². The summed E-state index contributed by atoms with van der Waals surface area (Å²) in [6, 6.07) is 8.56. The summed E-state index contributed by atoms with van der Waals surface area (Å²) >= 11 is 0. The molecular formula is C25H27N3O4. The maximum atomic E-state index is 13.4. The number of Topliss-reactive ketones (excluding diaryl/α,β-unsaturated/α-hetero) is 1. The van der Waals surface area contributed by atoms with Crippen LogP contribution in [0, 0.1) is 12.8 Å².